The van der Waals surface area contributed by atoms with E-state index in [4.69, 9.17) is 4.74 Å². The molecule has 0 heterocycles. The minimum absolute atomic E-state index is 0.0881. The summed E-state index contributed by atoms with van der Waals surface area (Å²) >= 11 is 0. The van der Waals surface area contributed by atoms with E-state index in [0.29, 0.717) is 11.4 Å². The molecule has 0 spiro atoms. The lowest BCUT2D eigenvalue weighted by atomic mass is 10.2. The molecule has 0 bridgehead atoms. The number of ether oxygens (including phenoxy) is 1. The molecule has 0 unspecified atom stereocenters. The highest BCUT2D eigenvalue weighted by atomic mass is 16.6. The lowest BCUT2D eigenvalue weighted by molar-refractivity contribution is -0.118. The zero-order chi connectivity index (χ0) is 16.8. The van der Waals surface area contributed by atoms with Gasteiger partial charge in [-0.2, -0.15) is 0 Å². The summed E-state index contributed by atoms with van der Waals surface area (Å²) in [6.07, 6.45) is -0.497. The first-order valence-corrected chi connectivity index (χ1v) is 7.39. The van der Waals surface area contributed by atoms with Gasteiger partial charge in [0.25, 0.3) is 0 Å². The second kappa shape index (κ2) is 7.45. The Labute approximate surface area is 135 Å². The number of carbonyl (C=O) groups is 2. The average molecular weight is 312 g/mol. The third-order valence-corrected chi connectivity index (χ3v) is 3.25. The number of amides is 2. The highest BCUT2D eigenvalue weighted by Gasteiger charge is 2.14. The van der Waals surface area contributed by atoms with Gasteiger partial charge < -0.3 is 10.1 Å². The molecule has 2 aromatic carbocycles. The average Bonchev–Trinajstić information content (AvgIpc) is 2.55. The van der Waals surface area contributed by atoms with Gasteiger partial charge in [-0.15, -0.1) is 0 Å². The fourth-order valence-corrected chi connectivity index (χ4v) is 1.85. The van der Waals surface area contributed by atoms with Gasteiger partial charge in [0.1, 0.15) is 5.75 Å². The molecule has 5 nitrogen and oxygen atoms in total. The van der Waals surface area contributed by atoms with Crippen LogP contribution in [0, 0.1) is 5.92 Å². The van der Waals surface area contributed by atoms with Crippen LogP contribution in [-0.2, 0) is 4.79 Å². The minimum atomic E-state index is -0.497. The molecule has 0 atom stereocenters. The van der Waals surface area contributed by atoms with Crippen molar-refractivity contribution in [2.75, 3.05) is 17.3 Å². The second-order valence-corrected chi connectivity index (χ2v) is 5.43. The Morgan fingerprint density at radius 1 is 1.04 bits per heavy atom. The summed E-state index contributed by atoms with van der Waals surface area (Å²) in [5.41, 5.74) is 1.33. The minimum Gasteiger partial charge on any atom is -0.410 e. The standard InChI is InChI=1S/C18H20N2O3/c1-13(2)17(21)19-14-8-7-11-16(12-14)23-18(22)20(3)15-9-5-4-6-10-15/h4-13H,1-3H3,(H,19,21). The fourth-order valence-electron chi connectivity index (χ4n) is 1.85. The maximum absolute atomic E-state index is 12.2. The molecule has 5 heteroatoms. The predicted molar refractivity (Wildman–Crippen MR) is 90.8 cm³/mol. The van der Waals surface area contributed by atoms with E-state index in [2.05, 4.69) is 5.32 Å². The van der Waals surface area contributed by atoms with Crippen molar-refractivity contribution in [2.45, 2.75) is 13.8 Å². The summed E-state index contributed by atoms with van der Waals surface area (Å²) in [5, 5.41) is 2.77. The van der Waals surface area contributed by atoms with Crippen molar-refractivity contribution in [1.82, 2.24) is 0 Å². The van der Waals surface area contributed by atoms with Crippen molar-refractivity contribution in [3.8, 4) is 5.75 Å². The van der Waals surface area contributed by atoms with E-state index in [9.17, 15) is 9.59 Å². The molecule has 0 saturated carbocycles. The van der Waals surface area contributed by atoms with E-state index >= 15 is 0 Å². The molecule has 2 amide bonds. The number of para-hydroxylation sites is 1. The molecular formula is C18H20N2O3. The van der Waals surface area contributed by atoms with Gasteiger partial charge in [0.05, 0.1) is 0 Å². The maximum Gasteiger partial charge on any atom is 0.419 e. The maximum atomic E-state index is 12.2. The SMILES string of the molecule is CC(C)C(=O)Nc1cccc(OC(=O)N(C)c2ccccc2)c1. The van der Waals surface area contributed by atoms with Crippen molar-refractivity contribution < 1.29 is 14.3 Å². The molecule has 0 aliphatic carbocycles. The summed E-state index contributed by atoms with van der Waals surface area (Å²) in [5.74, 6) is 0.166. The first kappa shape index (κ1) is 16.5. The molecule has 120 valence electrons. The zero-order valence-electron chi connectivity index (χ0n) is 13.4. The summed E-state index contributed by atoms with van der Waals surface area (Å²) in [7, 11) is 1.64. The number of anilines is 2. The molecule has 23 heavy (non-hydrogen) atoms. The lowest BCUT2D eigenvalue weighted by Gasteiger charge is -2.17. The second-order valence-electron chi connectivity index (χ2n) is 5.43. The van der Waals surface area contributed by atoms with E-state index in [1.54, 1.807) is 31.3 Å². The van der Waals surface area contributed by atoms with Gasteiger partial charge in [-0.25, -0.2) is 4.79 Å². The van der Waals surface area contributed by atoms with Crippen molar-refractivity contribution in [1.29, 1.82) is 0 Å². The van der Waals surface area contributed by atoms with Crippen LogP contribution in [0.3, 0.4) is 0 Å². The quantitative estimate of drug-likeness (QED) is 0.931. The molecule has 0 aliphatic heterocycles. The van der Waals surface area contributed by atoms with E-state index in [-0.39, 0.29) is 11.8 Å². The molecule has 0 saturated heterocycles. The molecule has 0 fully saturated rings. The summed E-state index contributed by atoms with van der Waals surface area (Å²) in [6.45, 7) is 3.63. The lowest BCUT2D eigenvalue weighted by Crippen LogP contribution is -2.29. The third kappa shape index (κ3) is 4.57. The van der Waals surface area contributed by atoms with Gasteiger partial charge in [-0.1, -0.05) is 38.1 Å². The first-order valence-electron chi connectivity index (χ1n) is 7.39. The Balaban J connectivity index is 2.05. The van der Waals surface area contributed by atoms with Crippen LogP contribution in [0.4, 0.5) is 16.2 Å². The molecule has 0 radical (unpaired) electrons. The number of nitrogens with one attached hydrogen (secondary N) is 1. The van der Waals surface area contributed by atoms with Crippen molar-refractivity contribution >= 4 is 23.4 Å². The van der Waals surface area contributed by atoms with Gasteiger partial charge in [-0.3, -0.25) is 9.69 Å². The molecular weight excluding hydrogens is 292 g/mol. The van der Waals surface area contributed by atoms with Gasteiger partial charge in [0, 0.05) is 30.4 Å². The van der Waals surface area contributed by atoms with Crippen molar-refractivity contribution in [3.05, 3.63) is 54.6 Å². The van der Waals surface area contributed by atoms with Crippen LogP contribution in [0.2, 0.25) is 0 Å². The Morgan fingerprint density at radius 2 is 1.74 bits per heavy atom. The van der Waals surface area contributed by atoms with Gasteiger partial charge in [-0.05, 0) is 24.3 Å². The van der Waals surface area contributed by atoms with Crippen LogP contribution in [0.5, 0.6) is 5.75 Å². The monoisotopic (exact) mass is 312 g/mol. The van der Waals surface area contributed by atoms with E-state index < -0.39 is 6.09 Å². The van der Waals surface area contributed by atoms with Crippen LogP contribution in [-0.4, -0.2) is 19.0 Å². The van der Waals surface area contributed by atoms with Crippen LogP contribution in [0.1, 0.15) is 13.8 Å². The third-order valence-electron chi connectivity index (χ3n) is 3.25. The Morgan fingerprint density at radius 3 is 2.39 bits per heavy atom. The van der Waals surface area contributed by atoms with Crippen molar-refractivity contribution in [2.24, 2.45) is 5.92 Å². The van der Waals surface area contributed by atoms with Crippen LogP contribution in [0.25, 0.3) is 0 Å². The van der Waals surface area contributed by atoms with Crippen molar-refractivity contribution in [3.63, 3.8) is 0 Å². The molecule has 2 aromatic rings. The Bertz CT molecular complexity index is 684. The van der Waals surface area contributed by atoms with Gasteiger partial charge >= 0.3 is 6.09 Å². The molecule has 2 rings (SSSR count). The van der Waals surface area contributed by atoms with Crippen LogP contribution in [0.15, 0.2) is 54.6 Å². The fraction of sp³-hybridized carbons (Fsp3) is 0.222. The first-order chi connectivity index (χ1) is 11.0. The number of rotatable bonds is 4. The number of benzene rings is 2. The van der Waals surface area contributed by atoms with Crippen LogP contribution < -0.4 is 15.0 Å². The summed E-state index contributed by atoms with van der Waals surface area (Å²) in [6, 6.07) is 16.0. The van der Waals surface area contributed by atoms with E-state index in [1.165, 1.54) is 4.90 Å². The molecule has 0 aromatic heterocycles. The predicted octanol–water partition coefficient (Wildman–Crippen LogP) is 3.92. The summed E-state index contributed by atoms with van der Waals surface area (Å²) in [4.78, 5) is 25.3. The van der Waals surface area contributed by atoms with E-state index in [1.807, 2.05) is 44.2 Å². The number of hydrogen-bond donors (Lipinski definition) is 1. The normalized spacial score (nSPS) is 10.3. The largest absolute Gasteiger partial charge is 0.419 e. The Hall–Kier alpha value is -2.82. The highest BCUT2D eigenvalue weighted by molar-refractivity contribution is 5.92. The highest BCUT2D eigenvalue weighted by Crippen LogP contribution is 2.20. The number of hydrogen-bond acceptors (Lipinski definition) is 3. The summed E-state index contributed by atoms with van der Waals surface area (Å²) < 4.78 is 5.35. The van der Waals surface area contributed by atoms with Crippen LogP contribution >= 0.6 is 0 Å². The Kier molecular flexibility index (Phi) is 5.36. The van der Waals surface area contributed by atoms with Gasteiger partial charge in [0.2, 0.25) is 5.91 Å². The zero-order valence-corrected chi connectivity index (χ0v) is 13.4. The number of carbonyl (C=O) groups excluding carboxylic acids is 2. The topological polar surface area (TPSA) is 58.6 Å². The van der Waals surface area contributed by atoms with E-state index in [0.717, 1.165) is 5.69 Å². The van der Waals surface area contributed by atoms with Gasteiger partial charge in [0.15, 0.2) is 0 Å². The molecule has 1 N–H and O–H groups in total. The molecule has 0 aliphatic rings. The smallest absolute Gasteiger partial charge is 0.410 e. The number of nitrogens with zero attached hydrogens (tertiary/aromatic N) is 1.